The number of hydrogen-bond donors (Lipinski definition) is 0. The standard InChI is InChI=1S/C24H24N3O5S/c1-32-20-12-6-11-18-21(20)25-14-19-22(18)26(15-7-3-4-8-15)24(29)27(23(19)28)16-9-5-10-17(13-16)33(2,30)31/h5-6,9-15,19H,3-4,7-8H2,1-2H3/q+1. The Morgan fingerprint density at radius 1 is 1.09 bits per heavy atom. The van der Waals surface area contributed by atoms with E-state index in [1.165, 1.54) is 12.1 Å². The van der Waals surface area contributed by atoms with Gasteiger partial charge in [0.1, 0.15) is 28.9 Å². The van der Waals surface area contributed by atoms with E-state index in [2.05, 4.69) is 4.99 Å². The van der Waals surface area contributed by atoms with Crippen molar-refractivity contribution in [1.29, 1.82) is 0 Å². The van der Waals surface area contributed by atoms with E-state index in [-0.39, 0.29) is 16.6 Å². The second-order valence-corrected chi connectivity index (χ2v) is 10.5. The third kappa shape index (κ3) is 3.47. The number of amides is 3. The van der Waals surface area contributed by atoms with Gasteiger partial charge in [-0.15, -0.1) is 4.90 Å². The van der Waals surface area contributed by atoms with Gasteiger partial charge in [0.25, 0.3) is 0 Å². The van der Waals surface area contributed by atoms with Crippen LogP contribution in [-0.4, -0.2) is 56.3 Å². The third-order valence-corrected chi connectivity index (χ3v) is 7.59. The summed E-state index contributed by atoms with van der Waals surface area (Å²) in [5.74, 6) is -0.638. The zero-order chi connectivity index (χ0) is 23.3. The highest BCUT2D eigenvalue weighted by atomic mass is 32.2. The lowest BCUT2D eigenvalue weighted by molar-refractivity contribution is -0.470. The van der Waals surface area contributed by atoms with E-state index >= 15 is 0 Å². The van der Waals surface area contributed by atoms with Crippen LogP contribution in [0.15, 0.2) is 52.4 Å². The van der Waals surface area contributed by atoms with E-state index < -0.39 is 27.7 Å². The minimum absolute atomic E-state index is 0.0470. The maximum absolute atomic E-state index is 13.9. The molecule has 170 valence electrons. The molecule has 1 saturated carbocycles. The first-order chi connectivity index (χ1) is 15.8. The van der Waals surface area contributed by atoms with Crippen LogP contribution in [0.5, 0.6) is 5.75 Å². The summed E-state index contributed by atoms with van der Waals surface area (Å²) in [5.41, 5.74) is 2.17. The fourth-order valence-electron chi connectivity index (χ4n) is 4.92. The van der Waals surface area contributed by atoms with Gasteiger partial charge in [-0.2, -0.15) is 9.37 Å². The maximum atomic E-state index is 13.9. The number of benzene rings is 2. The van der Waals surface area contributed by atoms with Crippen LogP contribution < -0.4 is 9.64 Å². The normalized spacial score (nSPS) is 20.8. The number of aliphatic imine (C=N–C) groups is 1. The number of imide groups is 1. The zero-order valence-electron chi connectivity index (χ0n) is 18.4. The Morgan fingerprint density at radius 3 is 2.52 bits per heavy atom. The molecule has 2 aromatic rings. The molecule has 1 aliphatic carbocycles. The van der Waals surface area contributed by atoms with Crippen molar-refractivity contribution >= 4 is 45.1 Å². The lowest BCUT2D eigenvalue weighted by Crippen LogP contribution is -2.58. The molecule has 0 bridgehead atoms. The Morgan fingerprint density at radius 2 is 1.82 bits per heavy atom. The first kappa shape index (κ1) is 21.5. The summed E-state index contributed by atoms with van der Waals surface area (Å²) in [7, 11) is -1.95. The van der Waals surface area contributed by atoms with Crippen LogP contribution in [0.4, 0.5) is 16.2 Å². The van der Waals surface area contributed by atoms with Crippen molar-refractivity contribution in [1.82, 2.24) is 0 Å². The fourth-order valence-corrected chi connectivity index (χ4v) is 5.59. The van der Waals surface area contributed by atoms with Crippen molar-refractivity contribution in [2.75, 3.05) is 18.3 Å². The summed E-state index contributed by atoms with van der Waals surface area (Å²) >= 11 is 0. The molecule has 1 unspecified atom stereocenters. The molecule has 2 heterocycles. The molecule has 33 heavy (non-hydrogen) atoms. The number of methoxy groups -OCH3 is 1. The number of sulfone groups is 1. The van der Waals surface area contributed by atoms with Crippen molar-refractivity contribution in [2.24, 2.45) is 10.9 Å². The summed E-state index contributed by atoms with van der Waals surface area (Å²) in [6.07, 6.45) is 6.34. The smallest absolute Gasteiger partial charge is 0.494 e. The summed E-state index contributed by atoms with van der Waals surface area (Å²) < 4.78 is 31.4. The van der Waals surface area contributed by atoms with Gasteiger partial charge in [-0.05, 0) is 49.9 Å². The Kier molecular flexibility index (Phi) is 5.16. The molecule has 0 aromatic heterocycles. The van der Waals surface area contributed by atoms with Crippen molar-refractivity contribution in [2.45, 2.75) is 36.6 Å². The molecule has 1 fully saturated rings. The predicted molar refractivity (Wildman–Crippen MR) is 124 cm³/mol. The number of carbonyl (C=O) groups is 2. The topological polar surface area (TPSA) is 96.1 Å². The molecule has 3 aliphatic rings. The number of anilines is 1. The SMILES string of the molecule is COc1cccc2c1N=CC1C(=O)N(c3cccc(S(C)(=O)=O)c3)C(=O)[N+](C3CCCC3)=C21. The van der Waals surface area contributed by atoms with E-state index in [1.54, 1.807) is 36.1 Å². The van der Waals surface area contributed by atoms with Gasteiger partial charge in [-0.25, -0.2) is 13.2 Å². The molecule has 0 saturated heterocycles. The second kappa shape index (κ2) is 7.91. The third-order valence-electron chi connectivity index (χ3n) is 6.48. The van der Waals surface area contributed by atoms with Gasteiger partial charge < -0.3 is 4.74 Å². The number of ether oxygens (including phenoxy) is 1. The fraction of sp³-hybridized carbons (Fsp3) is 0.333. The average molecular weight is 467 g/mol. The van der Waals surface area contributed by atoms with Crippen LogP contribution in [-0.2, 0) is 14.6 Å². The molecule has 0 spiro atoms. The van der Waals surface area contributed by atoms with Crippen LogP contribution in [0.25, 0.3) is 0 Å². The molecule has 2 aliphatic heterocycles. The van der Waals surface area contributed by atoms with Crippen molar-refractivity contribution in [3.05, 3.63) is 48.0 Å². The van der Waals surface area contributed by atoms with Gasteiger partial charge in [-0.1, -0.05) is 12.1 Å². The van der Waals surface area contributed by atoms with Crippen molar-refractivity contribution < 1.29 is 27.3 Å². The molecule has 0 radical (unpaired) electrons. The lowest BCUT2D eigenvalue weighted by Gasteiger charge is -2.31. The number of rotatable bonds is 4. The van der Waals surface area contributed by atoms with Crippen LogP contribution in [0.2, 0.25) is 0 Å². The van der Waals surface area contributed by atoms with Crippen LogP contribution in [0.3, 0.4) is 0 Å². The number of hydrogen-bond acceptors (Lipinski definition) is 6. The van der Waals surface area contributed by atoms with Crippen LogP contribution >= 0.6 is 0 Å². The highest BCUT2D eigenvalue weighted by Crippen LogP contribution is 2.39. The molecular weight excluding hydrogens is 442 g/mol. The second-order valence-electron chi connectivity index (χ2n) is 8.53. The molecule has 5 rings (SSSR count). The highest BCUT2D eigenvalue weighted by molar-refractivity contribution is 7.90. The Labute approximate surface area is 192 Å². The lowest BCUT2D eigenvalue weighted by atomic mass is 9.89. The number of para-hydroxylation sites is 1. The summed E-state index contributed by atoms with van der Waals surface area (Å²) in [6.45, 7) is 0. The minimum Gasteiger partial charge on any atom is -0.494 e. The molecule has 1 atom stereocenters. The Hall–Kier alpha value is -3.33. The zero-order valence-corrected chi connectivity index (χ0v) is 19.2. The van der Waals surface area contributed by atoms with Gasteiger partial charge in [0.2, 0.25) is 0 Å². The Balaban J connectivity index is 1.73. The highest BCUT2D eigenvalue weighted by Gasteiger charge is 2.52. The summed E-state index contributed by atoms with van der Waals surface area (Å²) in [6, 6.07) is 10.9. The van der Waals surface area contributed by atoms with Crippen molar-refractivity contribution in [3.63, 3.8) is 0 Å². The van der Waals surface area contributed by atoms with E-state index in [9.17, 15) is 18.0 Å². The number of nitrogens with zero attached hydrogens (tertiary/aromatic N) is 3. The van der Waals surface area contributed by atoms with E-state index in [0.717, 1.165) is 36.8 Å². The van der Waals surface area contributed by atoms with Crippen molar-refractivity contribution in [3.8, 4) is 5.75 Å². The summed E-state index contributed by atoms with van der Waals surface area (Å²) in [4.78, 5) is 33.2. The van der Waals surface area contributed by atoms with Gasteiger partial charge in [0, 0.05) is 24.1 Å². The van der Waals surface area contributed by atoms with E-state index in [4.69, 9.17) is 4.74 Å². The van der Waals surface area contributed by atoms with Crippen LogP contribution in [0.1, 0.15) is 31.2 Å². The van der Waals surface area contributed by atoms with Crippen LogP contribution in [0, 0.1) is 5.92 Å². The molecule has 9 heteroatoms. The van der Waals surface area contributed by atoms with Gasteiger partial charge >= 0.3 is 11.9 Å². The maximum Gasteiger partial charge on any atom is 0.506 e. The van der Waals surface area contributed by atoms with Gasteiger partial charge in [0.15, 0.2) is 15.8 Å². The molecule has 3 amide bonds. The predicted octanol–water partition coefficient (Wildman–Crippen LogP) is 3.34. The van der Waals surface area contributed by atoms with Gasteiger partial charge in [-0.3, -0.25) is 4.99 Å². The quantitative estimate of drug-likeness (QED) is 0.644. The van der Waals surface area contributed by atoms with E-state index in [0.29, 0.717) is 22.7 Å². The largest absolute Gasteiger partial charge is 0.506 e. The first-order valence-electron chi connectivity index (χ1n) is 10.9. The minimum atomic E-state index is -3.51. The molecule has 2 aromatic carbocycles. The molecule has 8 nitrogen and oxygen atoms in total. The number of fused-ring (bicyclic) bond motifs is 3. The molecular formula is C24H24N3O5S+. The number of carbonyl (C=O) groups excluding carboxylic acids is 2. The first-order valence-corrected chi connectivity index (χ1v) is 12.8. The Bertz CT molecular complexity index is 1340. The van der Waals surface area contributed by atoms with E-state index in [1.807, 2.05) is 12.1 Å². The number of urea groups is 1. The monoisotopic (exact) mass is 466 g/mol. The van der Waals surface area contributed by atoms with Gasteiger partial charge in [0.05, 0.1) is 12.0 Å². The summed E-state index contributed by atoms with van der Waals surface area (Å²) in [5, 5.41) is 0. The average Bonchev–Trinajstić information content (AvgIpc) is 3.32. The molecule has 0 N–H and O–H groups in total.